The highest BCUT2D eigenvalue weighted by Crippen LogP contribution is 1.97. The summed E-state index contributed by atoms with van der Waals surface area (Å²) in [5.74, 6) is -5.46. The van der Waals surface area contributed by atoms with Gasteiger partial charge in [-0.1, -0.05) is 6.92 Å². The van der Waals surface area contributed by atoms with E-state index in [4.69, 9.17) is 10.2 Å². The van der Waals surface area contributed by atoms with Crippen molar-refractivity contribution in [3.63, 3.8) is 0 Å². The molecule has 6 nitrogen and oxygen atoms in total. The van der Waals surface area contributed by atoms with Crippen molar-refractivity contribution in [1.82, 2.24) is 0 Å². The van der Waals surface area contributed by atoms with E-state index in [1.165, 1.54) is 6.92 Å². The van der Waals surface area contributed by atoms with Crippen LogP contribution in [0.5, 0.6) is 0 Å². The number of carbonyl (C=O) groups excluding carboxylic acids is 2. The molecule has 2 N–H and O–H groups in total. The standard InChI is InChI=1S/C8H8O6/c1-2-5(9)6(10)3-4(7(11)12)8(13)14/h3H,2H2,1H3,(H,11,12)(H,13,14). The number of hydrogen-bond donors (Lipinski definition) is 2. The summed E-state index contributed by atoms with van der Waals surface area (Å²) in [6.45, 7) is 1.41. The molecule has 0 aromatic carbocycles. The lowest BCUT2D eigenvalue weighted by Gasteiger charge is -1.94. The van der Waals surface area contributed by atoms with Crippen molar-refractivity contribution in [3.8, 4) is 0 Å². The number of carboxylic acids is 2. The van der Waals surface area contributed by atoms with Crippen molar-refractivity contribution in [3.05, 3.63) is 11.6 Å². The lowest BCUT2D eigenvalue weighted by Crippen LogP contribution is -2.17. The molecule has 0 heterocycles. The van der Waals surface area contributed by atoms with Gasteiger partial charge in [0.15, 0.2) is 0 Å². The third-order valence-corrected chi connectivity index (χ3v) is 1.33. The van der Waals surface area contributed by atoms with E-state index >= 15 is 0 Å². The molecule has 0 aliphatic rings. The second-order valence-corrected chi connectivity index (χ2v) is 2.31. The first kappa shape index (κ1) is 12.0. The smallest absolute Gasteiger partial charge is 0.343 e. The maximum absolute atomic E-state index is 10.8. The average Bonchev–Trinajstić information content (AvgIpc) is 2.11. The van der Waals surface area contributed by atoms with Crippen molar-refractivity contribution < 1.29 is 29.4 Å². The Morgan fingerprint density at radius 1 is 1.07 bits per heavy atom. The zero-order valence-corrected chi connectivity index (χ0v) is 7.31. The summed E-state index contributed by atoms with van der Waals surface area (Å²) in [4.78, 5) is 42.1. The molecule has 6 heteroatoms. The molecule has 14 heavy (non-hydrogen) atoms. The third-order valence-electron chi connectivity index (χ3n) is 1.33. The van der Waals surface area contributed by atoms with Crippen LogP contribution in [-0.4, -0.2) is 33.7 Å². The number of ketones is 2. The SMILES string of the molecule is CCC(=O)C(=O)C=C(C(=O)O)C(=O)O. The summed E-state index contributed by atoms with van der Waals surface area (Å²) in [5.41, 5.74) is -1.11. The molecule has 0 aromatic rings. The van der Waals surface area contributed by atoms with Crippen LogP contribution in [0, 0.1) is 0 Å². The number of allylic oxidation sites excluding steroid dienone is 1. The molecule has 0 aromatic heterocycles. The lowest BCUT2D eigenvalue weighted by atomic mass is 10.1. The van der Waals surface area contributed by atoms with Crippen molar-refractivity contribution >= 4 is 23.5 Å². The predicted molar refractivity (Wildman–Crippen MR) is 43.7 cm³/mol. The minimum absolute atomic E-state index is 0.0954. The van der Waals surface area contributed by atoms with Crippen LogP contribution in [0.15, 0.2) is 11.6 Å². The first-order valence-electron chi connectivity index (χ1n) is 3.65. The van der Waals surface area contributed by atoms with Gasteiger partial charge in [-0.15, -0.1) is 0 Å². The van der Waals surface area contributed by atoms with E-state index in [2.05, 4.69) is 0 Å². The monoisotopic (exact) mass is 200 g/mol. The van der Waals surface area contributed by atoms with Crippen molar-refractivity contribution in [1.29, 1.82) is 0 Å². The zero-order chi connectivity index (χ0) is 11.3. The lowest BCUT2D eigenvalue weighted by molar-refractivity contribution is -0.140. The highest BCUT2D eigenvalue weighted by molar-refractivity contribution is 6.43. The molecule has 0 unspecified atom stereocenters. The Kier molecular flexibility index (Phi) is 4.21. The van der Waals surface area contributed by atoms with Crippen molar-refractivity contribution in [2.75, 3.05) is 0 Å². The number of hydrogen-bond acceptors (Lipinski definition) is 4. The molecule has 0 spiro atoms. The number of carbonyl (C=O) groups is 4. The predicted octanol–water partition coefficient (Wildman–Crippen LogP) is -0.370. The molecular formula is C8H8O6. The van der Waals surface area contributed by atoms with Crippen LogP contribution in [-0.2, 0) is 19.2 Å². The fraction of sp³-hybridized carbons (Fsp3) is 0.250. The summed E-state index contributed by atoms with van der Waals surface area (Å²) < 4.78 is 0. The molecule has 0 aliphatic heterocycles. The highest BCUT2D eigenvalue weighted by atomic mass is 16.4. The highest BCUT2D eigenvalue weighted by Gasteiger charge is 2.19. The van der Waals surface area contributed by atoms with Gasteiger partial charge in [0, 0.05) is 12.5 Å². The Morgan fingerprint density at radius 2 is 1.50 bits per heavy atom. The number of rotatable bonds is 5. The van der Waals surface area contributed by atoms with E-state index in [1.54, 1.807) is 0 Å². The van der Waals surface area contributed by atoms with Gasteiger partial charge in [-0.2, -0.15) is 0 Å². The van der Waals surface area contributed by atoms with Crippen LogP contribution in [0.1, 0.15) is 13.3 Å². The second kappa shape index (κ2) is 4.90. The van der Waals surface area contributed by atoms with Gasteiger partial charge in [-0.3, -0.25) is 9.59 Å². The van der Waals surface area contributed by atoms with Crippen molar-refractivity contribution in [2.24, 2.45) is 0 Å². The van der Waals surface area contributed by atoms with Gasteiger partial charge in [-0.25, -0.2) is 9.59 Å². The molecule has 0 aliphatic carbocycles. The largest absolute Gasteiger partial charge is 0.477 e. The first-order valence-corrected chi connectivity index (χ1v) is 3.65. The minimum Gasteiger partial charge on any atom is -0.477 e. The van der Waals surface area contributed by atoms with E-state index in [9.17, 15) is 19.2 Å². The number of Topliss-reactive ketones (excluding diaryl/α,β-unsaturated/α-hetero) is 1. The molecule has 0 atom stereocenters. The average molecular weight is 200 g/mol. The van der Waals surface area contributed by atoms with Gasteiger partial charge in [-0.05, 0) is 0 Å². The minimum atomic E-state index is -1.75. The van der Waals surface area contributed by atoms with Crippen LogP contribution >= 0.6 is 0 Å². The van der Waals surface area contributed by atoms with Crippen LogP contribution in [0.2, 0.25) is 0 Å². The molecule has 0 rings (SSSR count). The molecule has 76 valence electrons. The van der Waals surface area contributed by atoms with Crippen LogP contribution < -0.4 is 0 Å². The third kappa shape index (κ3) is 3.18. The van der Waals surface area contributed by atoms with E-state index in [1.807, 2.05) is 0 Å². The van der Waals surface area contributed by atoms with Gasteiger partial charge >= 0.3 is 11.9 Å². The second-order valence-electron chi connectivity index (χ2n) is 2.31. The molecule has 0 radical (unpaired) electrons. The van der Waals surface area contributed by atoms with Gasteiger partial charge in [0.25, 0.3) is 0 Å². The summed E-state index contributed by atoms with van der Waals surface area (Å²) in [6, 6.07) is 0. The molecule has 0 saturated carbocycles. The summed E-state index contributed by atoms with van der Waals surface area (Å²) in [7, 11) is 0. The Balaban J connectivity index is 4.94. The van der Waals surface area contributed by atoms with Gasteiger partial charge in [0.2, 0.25) is 11.6 Å². The Hall–Kier alpha value is -1.98. The normalized spacial score (nSPS) is 8.93. The maximum Gasteiger partial charge on any atom is 0.343 e. The summed E-state index contributed by atoms with van der Waals surface area (Å²) in [6.07, 6.45) is 0.221. The molecule has 0 saturated heterocycles. The van der Waals surface area contributed by atoms with E-state index in [0.717, 1.165) is 0 Å². The topological polar surface area (TPSA) is 109 Å². The van der Waals surface area contributed by atoms with E-state index in [0.29, 0.717) is 6.08 Å². The van der Waals surface area contributed by atoms with E-state index < -0.39 is 29.1 Å². The fourth-order valence-corrected chi connectivity index (χ4v) is 0.601. The molecule has 0 fully saturated rings. The Labute approximate surface area is 78.8 Å². The van der Waals surface area contributed by atoms with Gasteiger partial charge < -0.3 is 10.2 Å². The van der Waals surface area contributed by atoms with Crippen molar-refractivity contribution in [2.45, 2.75) is 13.3 Å². The molecule has 0 amide bonds. The van der Waals surface area contributed by atoms with Crippen LogP contribution in [0.3, 0.4) is 0 Å². The zero-order valence-electron chi connectivity index (χ0n) is 7.31. The Morgan fingerprint density at radius 3 is 1.79 bits per heavy atom. The fourth-order valence-electron chi connectivity index (χ4n) is 0.601. The Bertz CT molecular complexity index is 309. The summed E-state index contributed by atoms with van der Waals surface area (Å²) >= 11 is 0. The number of aliphatic carboxylic acids is 2. The van der Waals surface area contributed by atoms with Gasteiger partial charge in [0.05, 0.1) is 0 Å². The van der Waals surface area contributed by atoms with Crippen LogP contribution in [0.25, 0.3) is 0 Å². The quantitative estimate of drug-likeness (QED) is 0.271. The molecular weight excluding hydrogens is 192 g/mol. The summed E-state index contributed by atoms with van der Waals surface area (Å²) in [5, 5.41) is 16.7. The van der Waals surface area contributed by atoms with Gasteiger partial charge in [0.1, 0.15) is 5.57 Å². The molecule has 0 bridgehead atoms. The first-order chi connectivity index (χ1) is 6.40. The van der Waals surface area contributed by atoms with Crippen LogP contribution in [0.4, 0.5) is 0 Å². The number of carboxylic acid groups (broad SMARTS) is 2. The van der Waals surface area contributed by atoms with E-state index in [-0.39, 0.29) is 6.42 Å². The maximum atomic E-state index is 10.8.